The Kier molecular flexibility index (Phi) is 9.63. The quantitative estimate of drug-likeness (QED) is 0.347. The van der Waals surface area contributed by atoms with Crippen molar-refractivity contribution in [2.24, 2.45) is 11.8 Å². The van der Waals surface area contributed by atoms with E-state index < -0.39 is 5.92 Å². The zero-order chi connectivity index (χ0) is 23.8. The summed E-state index contributed by atoms with van der Waals surface area (Å²) in [4.78, 5) is 42.4. The van der Waals surface area contributed by atoms with Crippen LogP contribution in [0.3, 0.4) is 0 Å². The van der Waals surface area contributed by atoms with Crippen molar-refractivity contribution in [2.45, 2.75) is 77.2 Å². The number of fused-ring (bicyclic) bond motifs is 1. The number of hydrogen-bond acceptors (Lipinski definition) is 5. The topological polar surface area (TPSA) is 76.1 Å². The zero-order valence-electron chi connectivity index (χ0n) is 19.3. The van der Waals surface area contributed by atoms with Crippen LogP contribution in [0.15, 0.2) is 30.9 Å². The number of allylic oxidation sites excluding steroid dienone is 1. The molecule has 1 aromatic heterocycles. The van der Waals surface area contributed by atoms with Crippen molar-refractivity contribution in [3.63, 3.8) is 0 Å². The van der Waals surface area contributed by atoms with Gasteiger partial charge >= 0.3 is 0 Å². The van der Waals surface area contributed by atoms with Crippen LogP contribution >= 0.6 is 22.9 Å². The van der Waals surface area contributed by atoms with E-state index >= 15 is 0 Å². The van der Waals surface area contributed by atoms with Gasteiger partial charge in [-0.05, 0) is 55.9 Å². The van der Waals surface area contributed by atoms with Gasteiger partial charge in [0.05, 0.1) is 21.1 Å². The number of thiazole rings is 1. The van der Waals surface area contributed by atoms with Gasteiger partial charge in [-0.1, -0.05) is 37.9 Å². The fourth-order valence-electron chi connectivity index (χ4n) is 4.64. The summed E-state index contributed by atoms with van der Waals surface area (Å²) in [5, 5.41) is 4.71. The minimum Gasteiger partial charge on any atom is -0.353 e. The molecule has 1 aliphatic carbocycles. The third kappa shape index (κ3) is 7.47. The molecule has 5 nitrogen and oxygen atoms in total. The molecule has 0 unspecified atom stereocenters. The summed E-state index contributed by atoms with van der Waals surface area (Å²) in [6.45, 7) is 5.53. The summed E-state index contributed by atoms with van der Waals surface area (Å²) in [5.41, 5.74) is 0.852. The molecule has 1 heterocycles. The number of nitrogens with zero attached hydrogens (tertiary/aromatic N) is 1. The SMILES string of the molecule is C=CC(=O)CC[C@@H](NC(=O)[C@@H](CC(=O)CCC)Cc1nc2ccc(Cl)cc2s1)C1CCCC1. The van der Waals surface area contributed by atoms with E-state index in [1.807, 2.05) is 19.1 Å². The van der Waals surface area contributed by atoms with Crippen LogP contribution in [-0.2, 0) is 20.8 Å². The maximum atomic E-state index is 13.4. The lowest BCUT2D eigenvalue weighted by Crippen LogP contribution is -2.44. The number of ketones is 2. The van der Waals surface area contributed by atoms with Gasteiger partial charge in [-0.15, -0.1) is 11.3 Å². The summed E-state index contributed by atoms with van der Waals surface area (Å²) in [7, 11) is 0. The number of rotatable bonds is 13. The van der Waals surface area contributed by atoms with Crippen LogP contribution in [0, 0.1) is 11.8 Å². The maximum Gasteiger partial charge on any atom is 0.224 e. The predicted octanol–water partition coefficient (Wildman–Crippen LogP) is 6.08. The Balaban J connectivity index is 1.76. The number of amides is 1. The van der Waals surface area contributed by atoms with E-state index in [9.17, 15) is 14.4 Å². The second-order valence-electron chi connectivity index (χ2n) is 8.98. The van der Waals surface area contributed by atoms with Crippen LogP contribution in [0.2, 0.25) is 5.02 Å². The number of Topliss-reactive ketones (excluding diaryl/α,β-unsaturated/α-hetero) is 1. The highest BCUT2D eigenvalue weighted by atomic mass is 35.5. The molecular formula is C26H33ClN2O3S. The lowest BCUT2D eigenvalue weighted by molar-refractivity contribution is -0.130. The van der Waals surface area contributed by atoms with E-state index in [1.165, 1.54) is 17.4 Å². The molecule has 178 valence electrons. The van der Waals surface area contributed by atoms with Crippen molar-refractivity contribution in [1.29, 1.82) is 0 Å². The Morgan fingerprint density at radius 2 is 2.03 bits per heavy atom. The van der Waals surface area contributed by atoms with Crippen LogP contribution < -0.4 is 5.32 Å². The van der Waals surface area contributed by atoms with Gasteiger partial charge in [0, 0.05) is 36.7 Å². The Labute approximate surface area is 205 Å². The first-order valence-corrected chi connectivity index (χ1v) is 13.1. The molecule has 0 bridgehead atoms. The number of halogens is 1. The number of benzene rings is 1. The number of hydrogen-bond donors (Lipinski definition) is 1. The van der Waals surface area contributed by atoms with Crippen molar-refractivity contribution in [3.05, 3.63) is 40.9 Å². The van der Waals surface area contributed by atoms with Crippen LogP contribution in [0.5, 0.6) is 0 Å². The van der Waals surface area contributed by atoms with E-state index in [1.54, 1.807) is 6.07 Å². The van der Waals surface area contributed by atoms with Crippen molar-refractivity contribution in [1.82, 2.24) is 10.3 Å². The second-order valence-corrected chi connectivity index (χ2v) is 10.5. The van der Waals surface area contributed by atoms with Gasteiger partial charge in [0.2, 0.25) is 5.91 Å². The highest BCUT2D eigenvalue weighted by molar-refractivity contribution is 7.18. The third-order valence-electron chi connectivity index (χ3n) is 6.42. The molecule has 33 heavy (non-hydrogen) atoms. The smallest absolute Gasteiger partial charge is 0.224 e. The largest absolute Gasteiger partial charge is 0.353 e. The van der Waals surface area contributed by atoms with E-state index in [2.05, 4.69) is 16.9 Å². The highest BCUT2D eigenvalue weighted by Gasteiger charge is 2.30. The standard InChI is InChI=1S/C26H33ClN2O3S/c1-3-7-21(31)14-18(15-25-28-23-12-10-19(27)16-24(23)33-25)26(32)29-22(13-11-20(30)4-2)17-8-5-6-9-17/h4,10,12,16-18,22H,2-3,5-9,11,13-15H2,1H3,(H,29,32)/t18-,22+/m0/s1. The summed E-state index contributed by atoms with van der Waals surface area (Å²) in [5.74, 6) is -0.113. The lowest BCUT2D eigenvalue weighted by atomic mass is 9.91. The summed E-state index contributed by atoms with van der Waals surface area (Å²) >= 11 is 7.63. The van der Waals surface area contributed by atoms with Crippen molar-refractivity contribution in [3.8, 4) is 0 Å². The molecule has 0 radical (unpaired) electrons. The molecule has 2 atom stereocenters. The number of carbonyl (C=O) groups excluding carboxylic acids is 3. The Hall–Kier alpha value is -2.05. The van der Waals surface area contributed by atoms with Gasteiger partial charge in [-0.25, -0.2) is 4.98 Å². The van der Waals surface area contributed by atoms with Crippen molar-refractivity contribution < 1.29 is 14.4 Å². The normalized spacial score (nSPS) is 15.9. The highest BCUT2D eigenvalue weighted by Crippen LogP contribution is 2.31. The average Bonchev–Trinajstić information content (AvgIpc) is 3.45. The van der Waals surface area contributed by atoms with Gasteiger partial charge in [0.1, 0.15) is 5.78 Å². The fourth-order valence-corrected chi connectivity index (χ4v) is 5.97. The Morgan fingerprint density at radius 3 is 2.73 bits per heavy atom. The molecule has 1 amide bonds. The zero-order valence-corrected chi connectivity index (χ0v) is 20.9. The minimum absolute atomic E-state index is 0.00458. The summed E-state index contributed by atoms with van der Waals surface area (Å²) in [6.07, 6.45) is 8.62. The van der Waals surface area contributed by atoms with E-state index in [0.717, 1.165) is 47.3 Å². The second kappa shape index (κ2) is 12.4. The molecule has 0 saturated heterocycles. The fraction of sp³-hybridized carbons (Fsp3) is 0.538. The van der Waals surface area contributed by atoms with Gasteiger partial charge in [0.25, 0.3) is 0 Å². The predicted molar refractivity (Wildman–Crippen MR) is 135 cm³/mol. The van der Waals surface area contributed by atoms with Crippen LogP contribution in [-0.4, -0.2) is 28.5 Å². The van der Waals surface area contributed by atoms with Crippen molar-refractivity contribution >= 4 is 50.6 Å². The molecule has 1 saturated carbocycles. The van der Waals surface area contributed by atoms with Crippen LogP contribution in [0.25, 0.3) is 10.2 Å². The molecule has 2 aromatic rings. The van der Waals surface area contributed by atoms with E-state index in [4.69, 9.17) is 11.6 Å². The number of carbonyl (C=O) groups is 3. The molecule has 1 aliphatic rings. The van der Waals surface area contributed by atoms with Gasteiger partial charge in [-0.2, -0.15) is 0 Å². The third-order valence-corrected chi connectivity index (χ3v) is 7.69. The Bertz CT molecular complexity index is 997. The summed E-state index contributed by atoms with van der Waals surface area (Å²) < 4.78 is 0.975. The number of nitrogens with one attached hydrogen (secondary N) is 1. The molecule has 1 aromatic carbocycles. The van der Waals surface area contributed by atoms with Gasteiger partial charge in [0.15, 0.2) is 5.78 Å². The van der Waals surface area contributed by atoms with Crippen molar-refractivity contribution in [2.75, 3.05) is 0 Å². The first-order valence-electron chi connectivity index (χ1n) is 11.9. The molecule has 1 N–H and O–H groups in total. The molecule has 0 aliphatic heterocycles. The van der Waals surface area contributed by atoms with Gasteiger partial charge < -0.3 is 5.32 Å². The van der Waals surface area contributed by atoms with E-state index in [-0.39, 0.29) is 29.9 Å². The number of aromatic nitrogens is 1. The first-order chi connectivity index (χ1) is 15.9. The van der Waals surface area contributed by atoms with Crippen LogP contribution in [0.1, 0.15) is 69.7 Å². The van der Waals surface area contributed by atoms with Crippen LogP contribution in [0.4, 0.5) is 0 Å². The Morgan fingerprint density at radius 1 is 1.27 bits per heavy atom. The molecule has 7 heteroatoms. The molecule has 0 spiro atoms. The molecule has 1 fully saturated rings. The first kappa shape index (κ1) is 25.6. The average molecular weight is 489 g/mol. The monoisotopic (exact) mass is 488 g/mol. The maximum absolute atomic E-state index is 13.4. The van der Waals surface area contributed by atoms with E-state index in [0.29, 0.717) is 36.6 Å². The lowest BCUT2D eigenvalue weighted by Gasteiger charge is -2.27. The molecule has 3 rings (SSSR count). The van der Waals surface area contributed by atoms with Gasteiger partial charge in [-0.3, -0.25) is 14.4 Å². The molecular weight excluding hydrogens is 456 g/mol. The summed E-state index contributed by atoms with van der Waals surface area (Å²) in [6, 6.07) is 5.50. The minimum atomic E-state index is -0.473.